The zero-order chi connectivity index (χ0) is 22.9. The Hall–Kier alpha value is -2.96. The Kier molecular flexibility index (Phi) is 6.62. The van der Waals surface area contributed by atoms with Gasteiger partial charge in [-0.2, -0.15) is 0 Å². The van der Waals surface area contributed by atoms with Gasteiger partial charge in [0.2, 0.25) is 0 Å². The van der Waals surface area contributed by atoms with Crippen molar-refractivity contribution >= 4 is 29.1 Å². The molecule has 1 aliphatic carbocycles. The number of fused-ring (bicyclic) bond motifs is 1. The van der Waals surface area contributed by atoms with Crippen molar-refractivity contribution in [2.24, 2.45) is 22.7 Å². The number of hydrogen-bond acceptors (Lipinski definition) is 7. The van der Waals surface area contributed by atoms with E-state index in [-0.39, 0.29) is 18.3 Å². The van der Waals surface area contributed by atoms with Crippen LogP contribution in [0.3, 0.4) is 0 Å². The maximum Gasteiger partial charge on any atom is 0.336 e. The van der Waals surface area contributed by atoms with E-state index in [1.165, 1.54) is 7.11 Å². The predicted molar refractivity (Wildman–Crippen MR) is 118 cm³/mol. The number of nitrogens with zero attached hydrogens (tertiary/aromatic N) is 2. The quantitative estimate of drug-likeness (QED) is 0.531. The van der Waals surface area contributed by atoms with Crippen molar-refractivity contribution in [2.45, 2.75) is 33.1 Å². The Balaban J connectivity index is 2.16. The highest BCUT2D eigenvalue weighted by Gasteiger charge is 2.51. The van der Waals surface area contributed by atoms with E-state index in [0.717, 1.165) is 11.3 Å². The molecule has 0 N–H and O–H groups in total. The van der Waals surface area contributed by atoms with Crippen LogP contribution in [0.1, 0.15) is 38.7 Å². The lowest BCUT2D eigenvalue weighted by Crippen LogP contribution is -2.48. The second kappa shape index (κ2) is 9.04. The number of aliphatic imine (C=N–C) groups is 1. The molecular formula is C24H30N2O5. The summed E-state index contributed by atoms with van der Waals surface area (Å²) in [7, 11) is 5.18. The molecule has 1 fully saturated rings. The highest BCUT2D eigenvalue weighted by atomic mass is 16.5. The van der Waals surface area contributed by atoms with Gasteiger partial charge in [-0.3, -0.25) is 14.6 Å². The largest absolute Gasteiger partial charge is 0.468 e. The first-order chi connectivity index (χ1) is 14.7. The average molecular weight is 427 g/mol. The minimum Gasteiger partial charge on any atom is -0.468 e. The fourth-order valence-electron chi connectivity index (χ4n) is 4.65. The Bertz CT molecular complexity index is 945. The van der Waals surface area contributed by atoms with Gasteiger partial charge in [-0.05, 0) is 43.9 Å². The van der Waals surface area contributed by atoms with Crippen LogP contribution in [0, 0.1) is 17.8 Å². The van der Waals surface area contributed by atoms with Crippen LogP contribution < -0.4 is 4.90 Å². The molecule has 0 spiro atoms. The Morgan fingerprint density at radius 2 is 1.81 bits per heavy atom. The summed E-state index contributed by atoms with van der Waals surface area (Å²) in [5, 5.41) is 0. The molecule has 31 heavy (non-hydrogen) atoms. The lowest BCUT2D eigenvalue weighted by atomic mass is 9.64. The van der Waals surface area contributed by atoms with Gasteiger partial charge >= 0.3 is 11.9 Å². The van der Waals surface area contributed by atoms with Gasteiger partial charge in [-0.15, -0.1) is 0 Å². The molecule has 166 valence electrons. The lowest BCUT2D eigenvalue weighted by molar-refractivity contribution is -0.152. The molecule has 0 amide bonds. The van der Waals surface area contributed by atoms with E-state index in [0.29, 0.717) is 23.4 Å². The molecular weight excluding hydrogens is 396 g/mol. The predicted octanol–water partition coefficient (Wildman–Crippen LogP) is 3.14. The minimum atomic E-state index is -0.876. The third-order valence-corrected chi connectivity index (χ3v) is 6.14. The van der Waals surface area contributed by atoms with Crippen LogP contribution in [0.2, 0.25) is 0 Å². The number of ketones is 1. The number of carbonyl (C=O) groups excluding carboxylic acids is 3. The van der Waals surface area contributed by atoms with Crippen molar-refractivity contribution in [3.05, 3.63) is 41.1 Å². The number of anilines is 1. The van der Waals surface area contributed by atoms with E-state index in [1.807, 2.05) is 50.2 Å². The Morgan fingerprint density at radius 1 is 1.16 bits per heavy atom. The Morgan fingerprint density at radius 3 is 2.35 bits per heavy atom. The molecule has 0 saturated heterocycles. The first-order valence-electron chi connectivity index (χ1n) is 10.5. The van der Waals surface area contributed by atoms with Crippen LogP contribution in [0.4, 0.5) is 5.69 Å². The number of rotatable bonds is 5. The number of allylic oxidation sites excluding steroid dienone is 1. The second-order valence-corrected chi connectivity index (χ2v) is 8.35. The zero-order valence-corrected chi connectivity index (χ0v) is 19.0. The monoisotopic (exact) mass is 426 g/mol. The molecule has 0 bridgehead atoms. The van der Waals surface area contributed by atoms with Crippen molar-refractivity contribution in [2.75, 3.05) is 32.7 Å². The summed E-state index contributed by atoms with van der Waals surface area (Å²) in [6.07, 6.45) is 0.496. The fourth-order valence-corrected chi connectivity index (χ4v) is 4.65. The van der Waals surface area contributed by atoms with Gasteiger partial charge in [0.25, 0.3) is 0 Å². The van der Waals surface area contributed by atoms with Crippen molar-refractivity contribution in [1.82, 2.24) is 0 Å². The maximum absolute atomic E-state index is 13.6. The molecule has 7 nitrogen and oxygen atoms in total. The molecule has 2 aliphatic rings. The Labute approximate surface area is 183 Å². The highest BCUT2D eigenvalue weighted by Crippen LogP contribution is 2.46. The third-order valence-electron chi connectivity index (χ3n) is 6.14. The summed E-state index contributed by atoms with van der Waals surface area (Å²) in [4.78, 5) is 45.6. The van der Waals surface area contributed by atoms with Gasteiger partial charge in [0.05, 0.1) is 25.2 Å². The average Bonchev–Trinajstić information content (AvgIpc) is 2.72. The summed E-state index contributed by atoms with van der Waals surface area (Å²) < 4.78 is 10.2. The maximum atomic E-state index is 13.6. The standard InChI is InChI=1S/C24H30N2O5/c1-7-31-24(29)19-14(3)25-17-12-13(2)18(23(28)30-6)22(27)21(17)20(19)15-8-10-16(11-9-15)26(4)5/h8-11,13,18,20-21H,7,12H2,1-6H3/t13-,18-,20-,21-/m1/s1. The number of esters is 2. The highest BCUT2D eigenvalue weighted by molar-refractivity contribution is 6.17. The molecule has 0 radical (unpaired) electrons. The van der Waals surface area contributed by atoms with Crippen LogP contribution in [-0.2, 0) is 23.9 Å². The fraction of sp³-hybridized carbons (Fsp3) is 0.500. The van der Waals surface area contributed by atoms with Crippen LogP contribution in [0.15, 0.2) is 40.5 Å². The van der Waals surface area contributed by atoms with Crippen LogP contribution in [0.25, 0.3) is 0 Å². The molecule has 1 saturated carbocycles. The van der Waals surface area contributed by atoms with Crippen LogP contribution in [-0.4, -0.2) is 51.2 Å². The number of benzene rings is 1. The SMILES string of the molecule is CCOC(=O)C1=C(C)N=C2C[C@@H](C)[C@@H](C(=O)OC)C(=O)[C@H]2[C@@H]1c1ccc(N(C)C)cc1. The summed E-state index contributed by atoms with van der Waals surface area (Å²) >= 11 is 0. The topological polar surface area (TPSA) is 85.3 Å². The molecule has 0 unspecified atom stereocenters. The molecule has 7 heteroatoms. The smallest absolute Gasteiger partial charge is 0.336 e. The molecule has 1 aliphatic heterocycles. The molecule has 1 aromatic carbocycles. The minimum absolute atomic E-state index is 0.219. The van der Waals surface area contributed by atoms with E-state index < -0.39 is 29.7 Å². The first-order valence-corrected chi connectivity index (χ1v) is 10.5. The van der Waals surface area contributed by atoms with Crippen molar-refractivity contribution in [3.8, 4) is 0 Å². The summed E-state index contributed by atoms with van der Waals surface area (Å²) in [6, 6.07) is 7.75. The van der Waals surface area contributed by atoms with E-state index in [1.54, 1.807) is 13.8 Å². The van der Waals surface area contributed by atoms with Gasteiger partial charge < -0.3 is 14.4 Å². The lowest BCUT2D eigenvalue weighted by Gasteiger charge is -2.40. The number of Topliss-reactive ketones (excluding diaryl/α,β-unsaturated/α-hetero) is 1. The number of hydrogen-bond donors (Lipinski definition) is 0. The van der Waals surface area contributed by atoms with Crippen molar-refractivity contribution in [1.29, 1.82) is 0 Å². The molecule has 4 atom stereocenters. The van der Waals surface area contributed by atoms with Crippen molar-refractivity contribution < 1.29 is 23.9 Å². The van der Waals surface area contributed by atoms with Gasteiger partial charge in [0.1, 0.15) is 5.92 Å². The molecule has 0 aromatic heterocycles. The summed E-state index contributed by atoms with van der Waals surface area (Å²) in [6.45, 7) is 5.60. The molecule has 1 heterocycles. The zero-order valence-electron chi connectivity index (χ0n) is 19.0. The first kappa shape index (κ1) is 22.7. The van der Waals surface area contributed by atoms with Gasteiger partial charge in [0.15, 0.2) is 5.78 Å². The number of methoxy groups -OCH3 is 1. The normalized spacial score (nSPS) is 25.5. The second-order valence-electron chi connectivity index (χ2n) is 8.35. The van der Waals surface area contributed by atoms with E-state index in [4.69, 9.17) is 9.47 Å². The van der Waals surface area contributed by atoms with Gasteiger partial charge in [-0.1, -0.05) is 19.1 Å². The summed E-state index contributed by atoms with van der Waals surface area (Å²) in [5.41, 5.74) is 3.47. The van der Waals surface area contributed by atoms with Crippen LogP contribution >= 0.6 is 0 Å². The van der Waals surface area contributed by atoms with E-state index in [2.05, 4.69) is 4.99 Å². The molecule has 1 aromatic rings. The van der Waals surface area contributed by atoms with Crippen LogP contribution in [0.5, 0.6) is 0 Å². The molecule has 3 rings (SSSR count). The number of carbonyl (C=O) groups is 3. The number of ether oxygens (including phenoxy) is 2. The van der Waals surface area contributed by atoms with Gasteiger partial charge in [0, 0.05) is 37.1 Å². The van der Waals surface area contributed by atoms with E-state index >= 15 is 0 Å². The van der Waals surface area contributed by atoms with Crippen molar-refractivity contribution in [3.63, 3.8) is 0 Å². The van der Waals surface area contributed by atoms with Gasteiger partial charge in [-0.25, -0.2) is 4.79 Å². The van der Waals surface area contributed by atoms with E-state index in [9.17, 15) is 14.4 Å². The summed E-state index contributed by atoms with van der Waals surface area (Å²) in [5.74, 6) is -3.63. The third kappa shape index (κ3) is 4.13.